The molecule has 0 aromatic heterocycles. The van der Waals surface area contributed by atoms with Crippen LogP contribution < -0.4 is 0 Å². The van der Waals surface area contributed by atoms with Gasteiger partial charge in [0.05, 0.1) is 12.2 Å². The van der Waals surface area contributed by atoms with Gasteiger partial charge in [-0.1, -0.05) is 43.2 Å². The maximum atomic E-state index is 5.93. The minimum absolute atomic E-state index is 0.404. The first-order valence-electron chi connectivity index (χ1n) is 5.65. The van der Waals surface area contributed by atoms with E-state index in [1.54, 1.807) is 0 Å². The molecule has 1 nitrogen and oxygen atoms in total. The van der Waals surface area contributed by atoms with E-state index in [1.165, 1.54) is 31.2 Å². The van der Waals surface area contributed by atoms with E-state index in [0.717, 1.165) is 5.92 Å². The van der Waals surface area contributed by atoms with Gasteiger partial charge in [0.25, 0.3) is 0 Å². The molecule has 2 aliphatic rings. The second kappa shape index (κ2) is 3.39. The summed E-state index contributed by atoms with van der Waals surface area (Å²) in [4.78, 5) is 0. The minimum Gasteiger partial charge on any atom is -0.370 e. The van der Waals surface area contributed by atoms with Crippen molar-refractivity contribution in [2.24, 2.45) is 5.92 Å². The van der Waals surface area contributed by atoms with Crippen LogP contribution in [0.15, 0.2) is 30.3 Å². The molecule has 74 valence electrons. The molecule has 1 saturated heterocycles. The summed E-state index contributed by atoms with van der Waals surface area (Å²) in [5.74, 6) is 0.811. The lowest BCUT2D eigenvalue weighted by molar-refractivity contribution is -0.203. The number of ether oxygens (including phenoxy) is 1. The molecule has 1 saturated carbocycles. The van der Waals surface area contributed by atoms with E-state index in [1.807, 2.05) is 0 Å². The van der Waals surface area contributed by atoms with E-state index in [2.05, 4.69) is 30.3 Å². The van der Waals surface area contributed by atoms with Crippen molar-refractivity contribution >= 4 is 0 Å². The van der Waals surface area contributed by atoms with Gasteiger partial charge in [-0.3, -0.25) is 0 Å². The van der Waals surface area contributed by atoms with Crippen molar-refractivity contribution in [2.45, 2.75) is 37.9 Å². The monoisotopic (exact) mass is 188 g/mol. The van der Waals surface area contributed by atoms with Gasteiger partial charge in [0.2, 0.25) is 0 Å². The highest BCUT2D eigenvalue weighted by Gasteiger charge is 2.43. The van der Waals surface area contributed by atoms with Gasteiger partial charge >= 0.3 is 0 Å². The summed E-state index contributed by atoms with van der Waals surface area (Å²) in [6.45, 7) is 0. The van der Waals surface area contributed by atoms with Crippen LogP contribution in [0.1, 0.15) is 37.4 Å². The highest BCUT2D eigenvalue weighted by molar-refractivity contribution is 5.21. The van der Waals surface area contributed by atoms with Crippen molar-refractivity contribution in [2.75, 3.05) is 0 Å². The highest BCUT2D eigenvalue weighted by atomic mass is 16.5. The van der Waals surface area contributed by atoms with Crippen LogP contribution in [-0.4, -0.2) is 6.10 Å². The fourth-order valence-electron chi connectivity index (χ4n) is 2.81. The molecular weight excluding hydrogens is 172 g/mol. The SMILES string of the molecule is c1ccc([C@H]2O[C@H]3CCCC[C@H]32)cc1. The second-order valence-corrected chi connectivity index (χ2v) is 4.45. The van der Waals surface area contributed by atoms with Crippen LogP contribution in [-0.2, 0) is 4.74 Å². The summed E-state index contributed by atoms with van der Waals surface area (Å²) >= 11 is 0. The molecule has 2 fully saturated rings. The average Bonchev–Trinajstić information content (AvgIpc) is 2.22. The van der Waals surface area contributed by atoms with Crippen molar-refractivity contribution in [3.8, 4) is 0 Å². The predicted molar refractivity (Wildman–Crippen MR) is 56.0 cm³/mol. The quantitative estimate of drug-likeness (QED) is 0.657. The summed E-state index contributed by atoms with van der Waals surface area (Å²) in [6.07, 6.45) is 6.39. The molecule has 0 N–H and O–H groups in total. The Balaban J connectivity index is 1.76. The summed E-state index contributed by atoms with van der Waals surface area (Å²) in [5, 5.41) is 0. The van der Waals surface area contributed by atoms with Crippen LogP contribution in [0.5, 0.6) is 0 Å². The van der Waals surface area contributed by atoms with Crippen LogP contribution in [0.3, 0.4) is 0 Å². The Hall–Kier alpha value is -0.820. The zero-order valence-corrected chi connectivity index (χ0v) is 8.36. The number of rotatable bonds is 1. The normalized spacial score (nSPS) is 35.9. The van der Waals surface area contributed by atoms with Gasteiger partial charge in [0, 0.05) is 5.92 Å². The Bertz CT molecular complexity index is 306. The fourth-order valence-corrected chi connectivity index (χ4v) is 2.81. The number of hydrogen-bond acceptors (Lipinski definition) is 1. The molecule has 1 aromatic carbocycles. The molecule has 1 aliphatic carbocycles. The lowest BCUT2D eigenvalue weighted by atomic mass is 9.76. The van der Waals surface area contributed by atoms with E-state index in [9.17, 15) is 0 Å². The van der Waals surface area contributed by atoms with Crippen molar-refractivity contribution < 1.29 is 4.74 Å². The lowest BCUT2D eigenvalue weighted by Crippen LogP contribution is -2.44. The van der Waals surface area contributed by atoms with Gasteiger partial charge in [-0.05, 0) is 18.4 Å². The minimum atomic E-state index is 0.404. The molecule has 0 unspecified atom stereocenters. The Kier molecular flexibility index (Phi) is 2.06. The van der Waals surface area contributed by atoms with E-state index in [-0.39, 0.29) is 0 Å². The van der Waals surface area contributed by atoms with Crippen LogP contribution in [0, 0.1) is 5.92 Å². The largest absolute Gasteiger partial charge is 0.370 e. The molecule has 1 aromatic rings. The van der Waals surface area contributed by atoms with E-state index in [0.29, 0.717) is 12.2 Å². The molecule has 1 aliphatic heterocycles. The Morgan fingerprint density at radius 2 is 1.79 bits per heavy atom. The van der Waals surface area contributed by atoms with E-state index < -0.39 is 0 Å². The zero-order valence-electron chi connectivity index (χ0n) is 8.36. The predicted octanol–water partition coefficient (Wildman–Crippen LogP) is 3.32. The zero-order chi connectivity index (χ0) is 9.38. The molecule has 0 radical (unpaired) electrons. The molecule has 3 atom stereocenters. The summed E-state index contributed by atoms with van der Waals surface area (Å²) < 4.78 is 5.93. The van der Waals surface area contributed by atoms with Crippen molar-refractivity contribution in [3.63, 3.8) is 0 Å². The third-order valence-corrected chi connectivity index (χ3v) is 3.59. The van der Waals surface area contributed by atoms with E-state index >= 15 is 0 Å². The molecule has 0 bridgehead atoms. The second-order valence-electron chi connectivity index (χ2n) is 4.45. The van der Waals surface area contributed by atoms with Gasteiger partial charge in [0.1, 0.15) is 0 Å². The number of hydrogen-bond donors (Lipinski definition) is 0. The summed E-state index contributed by atoms with van der Waals surface area (Å²) in [6, 6.07) is 10.7. The third kappa shape index (κ3) is 1.27. The topological polar surface area (TPSA) is 9.23 Å². The van der Waals surface area contributed by atoms with Crippen molar-refractivity contribution in [3.05, 3.63) is 35.9 Å². The molecule has 3 rings (SSSR count). The summed E-state index contributed by atoms with van der Waals surface area (Å²) in [5.41, 5.74) is 1.37. The first-order chi connectivity index (χ1) is 6.95. The standard InChI is InChI=1S/C13H16O/c1-2-6-10(7-3-1)13-11-8-4-5-9-12(11)14-13/h1-3,6-7,11-13H,4-5,8-9H2/t11-,12+,13-/m1/s1. The smallest absolute Gasteiger partial charge is 0.0881 e. The molecule has 1 heteroatoms. The van der Waals surface area contributed by atoms with Crippen LogP contribution in [0.25, 0.3) is 0 Å². The first kappa shape index (κ1) is 8.49. The van der Waals surface area contributed by atoms with Gasteiger partial charge in [-0.15, -0.1) is 0 Å². The third-order valence-electron chi connectivity index (χ3n) is 3.59. The highest BCUT2D eigenvalue weighted by Crippen LogP contribution is 2.48. The van der Waals surface area contributed by atoms with Gasteiger partial charge in [-0.25, -0.2) is 0 Å². The number of benzene rings is 1. The Morgan fingerprint density at radius 1 is 1.00 bits per heavy atom. The average molecular weight is 188 g/mol. The number of fused-ring (bicyclic) bond motifs is 1. The first-order valence-corrected chi connectivity index (χ1v) is 5.65. The van der Waals surface area contributed by atoms with E-state index in [4.69, 9.17) is 4.74 Å². The van der Waals surface area contributed by atoms with Crippen LogP contribution in [0.2, 0.25) is 0 Å². The van der Waals surface area contributed by atoms with Gasteiger partial charge < -0.3 is 4.74 Å². The van der Waals surface area contributed by atoms with Crippen molar-refractivity contribution in [1.29, 1.82) is 0 Å². The molecule has 14 heavy (non-hydrogen) atoms. The maximum absolute atomic E-state index is 5.93. The maximum Gasteiger partial charge on any atom is 0.0881 e. The summed E-state index contributed by atoms with van der Waals surface area (Å²) in [7, 11) is 0. The fraction of sp³-hybridized carbons (Fsp3) is 0.538. The molecule has 0 spiro atoms. The molecule has 1 heterocycles. The Labute approximate surface area is 85.1 Å². The molecular formula is C13H16O. The Morgan fingerprint density at radius 3 is 2.57 bits per heavy atom. The van der Waals surface area contributed by atoms with Gasteiger partial charge in [-0.2, -0.15) is 0 Å². The lowest BCUT2D eigenvalue weighted by Gasteiger charge is -2.48. The van der Waals surface area contributed by atoms with Crippen LogP contribution >= 0.6 is 0 Å². The van der Waals surface area contributed by atoms with Crippen LogP contribution in [0.4, 0.5) is 0 Å². The van der Waals surface area contributed by atoms with Crippen molar-refractivity contribution in [1.82, 2.24) is 0 Å². The van der Waals surface area contributed by atoms with Gasteiger partial charge in [0.15, 0.2) is 0 Å². The molecule has 0 amide bonds.